The van der Waals surface area contributed by atoms with Crippen LogP contribution in [0.25, 0.3) is 22.6 Å². The molecular formula is C18H16F5N3O2S. The Kier molecular flexibility index (Phi) is 4.93. The first kappa shape index (κ1) is 21.2. The van der Waals surface area contributed by atoms with Crippen molar-refractivity contribution in [1.82, 2.24) is 14.5 Å². The molecule has 0 bridgehead atoms. The average molecular weight is 433 g/mol. The Bertz CT molecular complexity index is 1190. The van der Waals surface area contributed by atoms with Crippen molar-refractivity contribution in [2.24, 2.45) is 7.05 Å². The zero-order valence-corrected chi connectivity index (χ0v) is 16.4. The highest BCUT2D eigenvalue weighted by Crippen LogP contribution is 2.35. The summed E-state index contributed by atoms with van der Waals surface area (Å²) >= 11 is 0. The van der Waals surface area contributed by atoms with Crippen LogP contribution >= 0.6 is 0 Å². The summed E-state index contributed by atoms with van der Waals surface area (Å²) in [5.41, 5.74) is -1.24. The van der Waals surface area contributed by atoms with Gasteiger partial charge < -0.3 is 4.57 Å². The molecule has 5 nitrogen and oxygen atoms in total. The first-order chi connectivity index (χ1) is 13.3. The van der Waals surface area contributed by atoms with Gasteiger partial charge in [-0.25, -0.2) is 22.2 Å². The van der Waals surface area contributed by atoms with Gasteiger partial charge in [-0.15, -0.1) is 0 Å². The highest BCUT2D eigenvalue weighted by molar-refractivity contribution is 7.91. The highest BCUT2D eigenvalue weighted by atomic mass is 32.2. The van der Waals surface area contributed by atoms with E-state index in [0.29, 0.717) is 17.8 Å². The zero-order chi connectivity index (χ0) is 21.8. The lowest BCUT2D eigenvalue weighted by molar-refractivity contribution is -0.138. The van der Waals surface area contributed by atoms with Crippen molar-refractivity contribution < 1.29 is 30.4 Å². The van der Waals surface area contributed by atoms with Gasteiger partial charge in [0, 0.05) is 25.7 Å². The summed E-state index contributed by atoms with van der Waals surface area (Å²) in [5.74, 6) is -3.61. The third-order valence-corrected chi connectivity index (χ3v) is 6.24. The molecule has 29 heavy (non-hydrogen) atoms. The van der Waals surface area contributed by atoms with Gasteiger partial charge in [0.2, 0.25) is 0 Å². The normalized spacial score (nSPS) is 13.2. The molecule has 0 saturated heterocycles. The molecule has 2 heterocycles. The van der Waals surface area contributed by atoms with Crippen molar-refractivity contribution in [3.8, 4) is 11.5 Å². The number of imidazole rings is 1. The lowest BCUT2D eigenvalue weighted by Crippen LogP contribution is -2.13. The summed E-state index contributed by atoms with van der Waals surface area (Å²) in [5, 5.41) is 0. The summed E-state index contributed by atoms with van der Waals surface area (Å²) in [6, 6.07) is 4.26. The van der Waals surface area contributed by atoms with Crippen LogP contribution < -0.4 is 0 Å². The molecule has 3 rings (SSSR count). The number of halogens is 5. The van der Waals surface area contributed by atoms with E-state index < -0.39 is 38.1 Å². The van der Waals surface area contributed by atoms with Gasteiger partial charge in [0.25, 0.3) is 5.92 Å². The summed E-state index contributed by atoms with van der Waals surface area (Å²) in [6.07, 6.45) is -4.26. The molecule has 1 aromatic carbocycles. The number of sulfone groups is 1. The van der Waals surface area contributed by atoms with Crippen LogP contribution in [0.3, 0.4) is 0 Å². The number of aryl methyl sites for hydroxylation is 1. The van der Waals surface area contributed by atoms with Crippen molar-refractivity contribution in [3.05, 3.63) is 41.6 Å². The Morgan fingerprint density at radius 2 is 1.72 bits per heavy atom. The summed E-state index contributed by atoms with van der Waals surface area (Å²) in [7, 11) is -2.59. The molecule has 0 aliphatic heterocycles. The first-order valence-electron chi connectivity index (χ1n) is 8.41. The Labute approximate surface area is 163 Å². The minimum atomic E-state index is -4.78. The fourth-order valence-corrected chi connectivity index (χ4v) is 3.90. The van der Waals surface area contributed by atoms with Crippen molar-refractivity contribution in [3.63, 3.8) is 0 Å². The number of pyridine rings is 1. The van der Waals surface area contributed by atoms with Gasteiger partial charge in [0.15, 0.2) is 15.7 Å². The van der Waals surface area contributed by atoms with E-state index in [4.69, 9.17) is 0 Å². The molecule has 0 aliphatic rings. The largest absolute Gasteiger partial charge is 0.417 e. The molecule has 0 atom stereocenters. The summed E-state index contributed by atoms with van der Waals surface area (Å²) in [6.45, 7) is 2.02. The van der Waals surface area contributed by atoms with Crippen LogP contribution in [0.15, 0.2) is 35.4 Å². The smallest absolute Gasteiger partial charge is 0.326 e. The molecule has 0 amide bonds. The summed E-state index contributed by atoms with van der Waals surface area (Å²) < 4.78 is 92.7. The third kappa shape index (κ3) is 3.83. The van der Waals surface area contributed by atoms with E-state index in [-0.39, 0.29) is 22.6 Å². The Hall–Kier alpha value is -2.56. The minimum Gasteiger partial charge on any atom is -0.326 e. The molecule has 11 heteroatoms. The number of nitrogens with zero attached hydrogens (tertiary/aromatic N) is 3. The molecule has 156 valence electrons. The second kappa shape index (κ2) is 6.75. The molecule has 2 aromatic heterocycles. The molecule has 0 unspecified atom stereocenters. The van der Waals surface area contributed by atoms with E-state index in [1.165, 1.54) is 30.7 Å². The molecule has 0 fully saturated rings. The van der Waals surface area contributed by atoms with Gasteiger partial charge >= 0.3 is 6.18 Å². The lowest BCUT2D eigenvalue weighted by Gasteiger charge is -2.12. The van der Waals surface area contributed by atoms with E-state index in [1.54, 1.807) is 0 Å². The van der Waals surface area contributed by atoms with Gasteiger partial charge in [-0.05, 0) is 18.2 Å². The number of hydrogen-bond acceptors (Lipinski definition) is 4. The number of aromatic nitrogens is 3. The summed E-state index contributed by atoms with van der Waals surface area (Å²) in [4.78, 5) is 7.29. The maximum atomic E-state index is 13.6. The van der Waals surface area contributed by atoms with E-state index in [9.17, 15) is 30.4 Å². The van der Waals surface area contributed by atoms with Crippen LogP contribution in [-0.4, -0.2) is 28.7 Å². The maximum absolute atomic E-state index is 13.6. The second-order valence-corrected chi connectivity index (χ2v) is 8.80. The van der Waals surface area contributed by atoms with Gasteiger partial charge in [-0.2, -0.15) is 13.2 Å². The highest BCUT2D eigenvalue weighted by Gasteiger charge is 2.34. The Morgan fingerprint density at radius 1 is 1.07 bits per heavy atom. The number of rotatable bonds is 4. The van der Waals surface area contributed by atoms with E-state index >= 15 is 0 Å². The second-order valence-electron chi connectivity index (χ2n) is 6.56. The third-order valence-electron chi connectivity index (χ3n) is 4.49. The molecule has 0 radical (unpaired) electrons. The fraction of sp³-hybridized carbons (Fsp3) is 0.333. The number of benzene rings is 1. The van der Waals surface area contributed by atoms with Crippen LogP contribution in [0, 0.1) is 0 Å². The van der Waals surface area contributed by atoms with Crippen LogP contribution in [0.2, 0.25) is 0 Å². The van der Waals surface area contributed by atoms with Crippen LogP contribution in [0.4, 0.5) is 22.0 Å². The Balaban J connectivity index is 2.30. The predicted octanol–water partition coefficient (Wildman–Crippen LogP) is 4.56. The van der Waals surface area contributed by atoms with E-state index in [0.717, 1.165) is 13.0 Å². The zero-order valence-electron chi connectivity index (χ0n) is 15.6. The average Bonchev–Trinajstić information content (AvgIpc) is 2.96. The molecule has 0 N–H and O–H groups in total. The maximum Gasteiger partial charge on any atom is 0.417 e. The number of alkyl halides is 5. The molecular weight excluding hydrogens is 417 g/mol. The number of fused-ring (bicyclic) bond motifs is 1. The SMILES string of the molecule is CCS(=O)(=O)c1cc(C(F)(F)F)cnc1-c1nc2cc(C(C)(F)F)ccc2n1C. The van der Waals surface area contributed by atoms with Gasteiger partial charge in [-0.1, -0.05) is 13.0 Å². The standard InChI is InChI=1S/C18H16F5N3O2S/c1-4-29(27,28)14-8-11(18(21,22)23)9-24-15(14)16-25-12-7-10(17(2,19)20)5-6-13(12)26(16)3/h5-9H,4H2,1-3H3. The topological polar surface area (TPSA) is 64.8 Å². The van der Waals surface area contributed by atoms with Gasteiger partial charge in [0.1, 0.15) is 5.69 Å². The lowest BCUT2D eigenvalue weighted by atomic mass is 10.1. The first-order valence-corrected chi connectivity index (χ1v) is 10.1. The quantitative estimate of drug-likeness (QED) is 0.566. The van der Waals surface area contributed by atoms with Gasteiger partial charge in [-0.3, -0.25) is 4.98 Å². The van der Waals surface area contributed by atoms with Crippen molar-refractivity contribution in [2.45, 2.75) is 30.8 Å². The van der Waals surface area contributed by atoms with Gasteiger partial charge in [0.05, 0.1) is 27.2 Å². The monoisotopic (exact) mass is 433 g/mol. The van der Waals surface area contributed by atoms with Crippen LogP contribution in [-0.2, 0) is 29.0 Å². The number of hydrogen-bond donors (Lipinski definition) is 0. The van der Waals surface area contributed by atoms with Crippen molar-refractivity contribution in [2.75, 3.05) is 5.75 Å². The van der Waals surface area contributed by atoms with Crippen LogP contribution in [0.5, 0.6) is 0 Å². The fourth-order valence-electron chi connectivity index (χ4n) is 2.84. The molecule has 0 saturated carbocycles. The van der Waals surface area contributed by atoms with E-state index in [2.05, 4.69) is 9.97 Å². The Morgan fingerprint density at radius 3 is 2.28 bits per heavy atom. The predicted molar refractivity (Wildman–Crippen MR) is 96.2 cm³/mol. The molecule has 0 aliphatic carbocycles. The molecule has 3 aromatic rings. The molecule has 0 spiro atoms. The van der Waals surface area contributed by atoms with Crippen LogP contribution in [0.1, 0.15) is 25.0 Å². The van der Waals surface area contributed by atoms with Crippen molar-refractivity contribution >= 4 is 20.9 Å². The minimum absolute atomic E-state index is 0.0441. The van der Waals surface area contributed by atoms with Crippen molar-refractivity contribution in [1.29, 1.82) is 0 Å². The van der Waals surface area contributed by atoms with E-state index in [1.807, 2.05) is 0 Å².